The molecule has 1 saturated heterocycles. The lowest BCUT2D eigenvalue weighted by atomic mass is 10.1. The summed E-state index contributed by atoms with van der Waals surface area (Å²) in [7, 11) is -2.06. The van der Waals surface area contributed by atoms with Gasteiger partial charge in [-0.1, -0.05) is 11.6 Å². The zero-order valence-electron chi connectivity index (χ0n) is 22.6. The number of nitrogens with one attached hydrogen (secondary N) is 1. The average molecular weight is 595 g/mol. The first-order valence-corrected chi connectivity index (χ1v) is 14.4. The van der Waals surface area contributed by atoms with Crippen LogP contribution >= 0.6 is 19.6 Å². The molecular weight excluding hydrogens is 561 g/mol. The van der Waals surface area contributed by atoms with Crippen LogP contribution in [0.2, 0.25) is 5.02 Å². The maximum Gasteiger partial charge on any atom is 0.491 e. The molecule has 5 N–H and O–H groups in total. The highest BCUT2D eigenvalue weighted by Gasteiger charge is 2.28. The number of nitrogens with zero attached hydrogens (tertiary/aromatic N) is 4. The minimum absolute atomic E-state index is 0.0101. The molecule has 4 rings (SSSR count). The SMILES string of the molecule is CC(C)(N)C(=O)OC1CCOCC1.CC(Cn1cnc2c(N)ncnc21)OC[P+](=O)NC(=O)c1ccc(Cl)cc1. The number of carbonyl (C=O) groups excluding carboxylic acids is 2. The van der Waals surface area contributed by atoms with Gasteiger partial charge < -0.3 is 30.2 Å². The van der Waals surface area contributed by atoms with E-state index in [0.717, 1.165) is 12.8 Å². The fourth-order valence-electron chi connectivity index (χ4n) is 3.47. The van der Waals surface area contributed by atoms with Gasteiger partial charge in [-0.2, -0.15) is 0 Å². The normalized spacial score (nSPS) is 15.1. The molecule has 1 aromatic carbocycles. The highest BCUT2D eigenvalue weighted by molar-refractivity contribution is 7.43. The molecule has 2 atom stereocenters. The van der Waals surface area contributed by atoms with Gasteiger partial charge >= 0.3 is 13.9 Å². The van der Waals surface area contributed by atoms with Crippen molar-refractivity contribution in [2.75, 3.05) is 25.3 Å². The number of esters is 1. The van der Waals surface area contributed by atoms with Gasteiger partial charge in [0, 0.05) is 23.4 Å². The van der Waals surface area contributed by atoms with Gasteiger partial charge in [-0.3, -0.25) is 9.59 Å². The van der Waals surface area contributed by atoms with E-state index >= 15 is 0 Å². The lowest BCUT2D eigenvalue weighted by molar-refractivity contribution is -0.158. The number of hydrogen-bond donors (Lipinski definition) is 3. The Morgan fingerprint density at radius 3 is 2.55 bits per heavy atom. The quantitative estimate of drug-likeness (QED) is 0.244. The van der Waals surface area contributed by atoms with E-state index in [-0.39, 0.29) is 24.5 Å². The number of fused-ring (bicyclic) bond motifs is 1. The monoisotopic (exact) mass is 594 g/mol. The Hall–Kier alpha value is -3.22. The van der Waals surface area contributed by atoms with E-state index in [0.29, 0.717) is 47.3 Å². The van der Waals surface area contributed by atoms with Crippen LogP contribution in [0.1, 0.15) is 44.0 Å². The van der Waals surface area contributed by atoms with Crippen molar-refractivity contribution in [3.05, 3.63) is 47.5 Å². The molecule has 0 aliphatic carbocycles. The zero-order chi connectivity index (χ0) is 29.3. The second-order valence-electron chi connectivity index (χ2n) is 9.70. The summed E-state index contributed by atoms with van der Waals surface area (Å²) in [5.74, 6) is -0.475. The molecule has 1 aliphatic heterocycles. The number of hydrogen-bond acceptors (Lipinski definition) is 11. The van der Waals surface area contributed by atoms with Crippen molar-refractivity contribution in [2.45, 2.75) is 57.9 Å². The fourth-order valence-corrected chi connectivity index (χ4v) is 4.40. The Morgan fingerprint density at radius 2 is 1.90 bits per heavy atom. The van der Waals surface area contributed by atoms with Crippen molar-refractivity contribution < 1.29 is 28.4 Å². The number of aromatic nitrogens is 4. The van der Waals surface area contributed by atoms with E-state index < -0.39 is 19.4 Å². The Kier molecular flexibility index (Phi) is 11.3. The number of imidazole rings is 1. The van der Waals surface area contributed by atoms with Crippen LogP contribution in [0.4, 0.5) is 5.82 Å². The predicted molar refractivity (Wildman–Crippen MR) is 150 cm³/mol. The van der Waals surface area contributed by atoms with Crippen LogP contribution < -0.4 is 16.6 Å². The van der Waals surface area contributed by atoms with Crippen LogP contribution in [0.5, 0.6) is 0 Å². The standard InChI is InChI=1S/C16H16ClN6O3P.C9H17NO3/c1-10(6-23-8-21-13-14(18)19-7-20-15(13)23)26-9-27(25)22-16(24)11-2-4-12(17)5-3-11;1-9(2,10)8(11)13-7-3-5-12-6-4-7/h2-5,7-8,10H,6,9H2,1H3,(H2-,18,19,20,22,24,25);7H,3-6,10H2,1-2H3/p+1. The Bertz CT molecular complexity index is 1310. The third-order valence-corrected chi connectivity index (χ3v) is 6.75. The van der Waals surface area contributed by atoms with Gasteiger partial charge in [-0.25, -0.2) is 15.0 Å². The van der Waals surface area contributed by atoms with Crippen molar-refractivity contribution in [2.24, 2.45) is 5.73 Å². The van der Waals surface area contributed by atoms with Crippen LogP contribution in [0.25, 0.3) is 11.2 Å². The van der Waals surface area contributed by atoms with Crippen molar-refractivity contribution in [3.63, 3.8) is 0 Å². The number of rotatable bonds is 9. The first-order chi connectivity index (χ1) is 18.9. The molecule has 1 aliphatic rings. The smallest absolute Gasteiger partial charge is 0.461 e. The summed E-state index contributed by atoms with van der Waals surface area (Å²) in [5, 5.41) is 2.93. The summed E-state index contributed by atoms with van der Waals surface area (Å²) >= 11 is 5.78. The molecule has 3 heterocycles. The summed E-state index contributed by atoms with van der Waals surface area (Å²) in [6, 6.07) is 6.30. The zero-order valence-corrected chi connectivity index (χ0v) is 24.2. The van der Waals surface area contributed by atoms with E-state index in [1.165, 1.54) is 6.33 Å². The van der Waals surface area contributed by atoms with E-state index in [2.05, 4.69) is 20.0 Å². The molecule has 13 nitrogen and oxygen atoms in total. The Morgan fingerprint density at radius 1 is 1.23 bits per heavy atom. The fraction of sp³-hybridized carbons (Fsp3) is 0.480. The summed E-state index contributed by atoms with van der Waals surface area (Å²) in [6.07, 6.45) is 4.11. The van der Waals surface area contributed by atoms with E-state index in [9.17, 15) is 14.2 Å². The second-order valence-corrected chi connectivity index (χ2v) is 11.4. The van der Waals surface area contributed by atoms with Crippen molar-refractivity contribution in [1.82, 2.24) is 24.6 Å². The van der Waals surface area contributed by atoms with Gasteiger partial charge in [0.15, 0.2) is 11.5 Å². The summed E-state index contributed by atoms with van der Waals surface area (Å²) in [5.41, 5.74) is 11.9. The first kappa shape index (κ1) is 31.3. The number of carbonyl (C=O) groups is 2. The van der Waals surface area contributed by atoms with Crippen LogP contribution in [-0.4, -0.2) is 68.7 Å². The van der Waals surface area contributed by atoms with E-state index in [4.69, 9.17) is 37.3 Å². The van der Waals surface area contributed by atoms with Gasteiger partial charge in [-0.15, -0.1) is 5.09 Å². The number of anilines is 1. The number of nitrogen functional groups attached to an aromatic ring is 1. The third kappa shape index (κ3) is 9.46. The number of halogens is 1. The molecular formula is C25H34ClN7O6P+. The molecule has 1 amide bonds. The molecule has 0 bridgehead atoms. The molecule has 3 aromatic rings. The van der Waals surface area contributed by atoms with Gasteiger partial charge in [0.2, 0.25) is 0 Å². The maximum absolute atomic E-state index is 12.1. The van der Waals surface area contributed by atoms with Crippen molar-refractivity contribution >= 4 is 48.4 Å². The largest absolute Gasteiger partial charge is 0.491 e. The van der Waals surface area contributed by atoms with E-state index in [1.807, 2.05) is 6.92 Å². The summed E-state index contributed by atoms with van der Waals surface area (Å²) in [4.78, 5) is 35.6. The Labute approximate surface area is 237 Å². The van der Waals surface area contributed by atoms with Crippen LogP contribution in [0, 0.1) is 0 Å². The minimum Gasteiger partial charge on any atom is -0.461 e. The van der Waals surface area contributed by atoms with E-state index in [1.54, 1.807) is 49.0 Å². The van der Waals surface area contributed by atoms with Crippen LogP contribution in [0.15, 0.2) is 36.9 Å². The predicted octanol–water partition coefficient (Wildman–Crippen LogP) is 3.04. The van der Waals surface area contributed by atoms with Crippen molar-refractivity contribution in [3.8, 4) is 0 Å². The molecule has 1 fully saturated rings. The van der Waals surface area contributed by atoms with Gasteiger partial charge in [0.1, 0.15) is 23.5 Å². The molecule has 2 unspecified atom stereocenters. The number of ether oxygens (including phenoxy) is 3. The molecule has 216 valence electrons. The number of amides is 1. The molecule has 0 saturated carbocycles. The van der Waals surface area contributed by atoms with Gasteiger partial charge in [0.25, 0.3) is 12.3 Å². The molecule has 0 spiro atoms. The first-order valence-electron chi connectivity index (χ1n) is 12.6. The number of nitrogens with two attached hydrogens (primary N) is 2. The Balaban J connectivity index is 0.000000285. The molecule has 15 heteroatoms. The lowest BCUT2D eigenvalue weighted by Gasteiger charge is -2.25. The summed E-state index contributed by atoms with van der Waals surface area (Å²) < 4.78 is 29.8. The van der Waals surface area contributed by atoms with Crippen LogP contribution in [-0.2, 0) is 30.1 Å². The minimum atomic E-state index is -2.06. The average Bonchev–Trinajstić information content (AvgIpc) is 3.32. The summed E-state index contributed by atoms with van der Waals surface area (Å²) in [6.45, 7) is 6.89. The molecule has 40 heavy (non-hydrogen) atoms. The molecule has 0 radical (unpaired) electrons. The highest BCUT2D eigenvalue weighted by Crippen LogP contribution is 2.20. The lowest BCUT2D eigenvalue weighted by Crippen LogP contribution is -2.45. The second kappa shape index (κ2) is 14.4. The number of benzene rings is 1. The van der Waals surface area contributed by atoms with Crippen molar-refractivity contribution in [1.29, 1.82) is 0 Å². The van der Waals surface area contributed by atoms with Gasteiger partial charge in [-0.05, 0) is 49.6 Å². The third-order valence-electron chi connectivity index (χ3n) is 5.66. The molecule has 2 aromatic heterocycles. The van der Waals surface area contributed by atoms with Crippen LogP contribution in [0.3, 0.4) is 0 Å². The topological polar surface area (TPSA) is 187 Å². The highest BCUT2D eigenvalue weighted by atomic mass is 35.5. The van der Waals surface area contributed by atoms with Gasteiger partial charge in [0.05, 0.1) is 32.2 Å². The maximum atomic E-state index is 12.1.